The summed E-state index contributed by atoms with van der Waals surface area (Å²) in [6.07, 6.45) is 0. The molecule has 0 aromatic carbocycles. The van der Waals surface area contributed by atoms with Gasteiger partial charge in [-0.05, 0) is 38.5 Å². The molecule has 0 saturated heterocycles. The monoisotopic (exact) mass is 233 g/mol. The first-order valence-corrected chi connectivity index (χ1v) is 5.38. The molecule has 1 amide bonds. The summed E-state index contributed by atoms with van der Waals surface area (Å²) in [5.41, 5.74) is 8.40. The van der Waals surface area contributed by atoms with Gasteiger partial charge < -0.3 is 10.2 Å². The normalized spacial score (nSPS) is 10.8. The topological polar surface area (TPSA) is 74.1 Å². The molecule has 5 heteroatoms. The van der Waals surface area contributed by atoms with Gasteiger partial charge in [0.2, 0.25) is 0 Å². The average molecular weight is 233 g/mol. The predicted molar refractivity (Wildman–Crippen MR) is 62.8 cm³/mol. The number of nitrogens with two attached hydrogens (primary N) is 1. The van der Waals surface area contributed by atoms with Crippen molar-refractivity contribution in [1.82, 2.24) is 9.78 Å². The Hall–Kier alpha value is -2.04. The van der Waals surface area contributed by atoms with E-state index in [4.69, 9.17) is 10.2 Å². The Morgan fingerprint density at radius 2 is 2.12 bits per heavy atom. The largest absolute Gasteiger partial charge is 0.454 e. The summed E-state index contributed by atoms with van der Waals surface area (Å²) in [6, 6.07) is 3.32. The fourth-order valence-electron chi connectivity index (χ4n) is 1.68. The van der Waals surface area contributed by atoms with Crippen LogP contribution in [0.3, 0.4) is 0 Å². The lowest BCUT2D eigenvalue weighted by atomic mass is 10.2. The Labute approximate surface area is 99.2 Å². The second-order valence-electron chi connectivity index (χ2n) is 4.08. The fourth-order valence-corrected chi connectivity index (χ4v) is 1.68. The van der Waals surface area contributed by atoms with Crippen molar-refractivity contribution in [3.63, 3.8) is 0 Å². The average Bonchev–Trinajstić information content (AvgIpc) is 2.82. The van der Waals surface area contributed by atoms with Crippen molar-refractivity contribution in [3.05, 3.63) is 40.6 Å². The number of aromatic nitrogens is 2. The second kappa shape index (κ2) is 4.08. The van der Waals surface area contributed by atoms with E-state index in [2.05, 4.69) is 5.10 Å². The zero-order valence-electron chi connectivity index (χ0n) is 10.2. The molecular formula is C12H15N3O2. The van der Waals surface area contributed by atoms with Gasteiger partial charge in [-0.1, -0.05) is 0 Å². The van der Waals surface area contributed by atoms with Crippen molar-refractivity contribution in [2.75, 3.05) is 0 Å². The summed E-state index contributed by atoms with van der Waals surface area (Å²) in [4.78, 5) is 10.9. The number of carbonyl (C=O) groups is 1. The minimum Gasteiger partial charge on any atom is -0.454 e. The van der Waals surface area contributed by atoms with Gasteiger partial charge in [-0.2, -0.15) is 5.10 Å². The number of aryl methyl sites for hydroxylation is 1. The third-order valence-electron chi connectivity index (χ3n) is 2.95. The van der Waals surface area contributed by atoms with Gasteiger partial charge in [0.15, 0.2) is 5.76 Å². The second-order valence-corrected chi connectivity index (χ2v) is 4.08. The van der Waals surface area contributed by atoms with Gasteiger partial charge in [-0.25, -0.2) is 0 Å². The van der Waals surface area contributed by atoms with Crippen molar-refractivity contribution >= 4 is 5.91 Å². The van der Waals surface area contributed by atoms with E-state index in [1.165, 1.54) is 5.56 Å². The number of furan rings is 1. The zero-order chi connectivity index (χ0) is 12.6. The van der Waals surface area contributed by atoms with E-state index >= 15 is 0 Å². The third-order valence-corrected chi connectivity index (χ3v) is 2.95. The van der Waals surface area contributed by atoms with Gasteiger partial charge >= 0.3 is 0 Å². The molecule has 2 rings (SSSR count). The number of nitrogens with zero attached hydrogens (tertiary/aromatic N) is 2. The smallest absolute Gasteiger partial charge is 0.284 e. The van der Waals surface area contributed by atoms with Crippen LogP contribution in [-0.2, 0) is 6.54 Å². The lowest BCUT2D eigenvalue weighted by molar-refractivity contribution is 0.0972. The maximum Gasteiger partial charge on any atom is 0.284 e. The molecule has 90 valence electrons. The SMILES string of the molecule is Cc1nn(Cc2ccc(C(N)=O)o2)c(C)c1C. The highest BCUT2D eigenvalue weighted by molar-refractivity contribution is 5.89. The van der Waals surface area contributed by atoms with Crippen molar-refractivity contribution in [2.24, 2.45) is 5.73 Å². The van der Waals surface area contributed by atoms with Crippen LogP contribution in [0.15, 0.2) is 16.5 Å². The number of carbonyl (C=O) groups excluding carboxylic acids is 1. The molecule has 0 aliphatic rings. The van der Waals surface area contributed by atoms with E-state index < -0.39 is 5.91 Å². The first kappa shape index (κ1) is 11.4. The van der Waals surface area contributed by atoms with E-state index in [1.54, 1.807) is 12.1 Å². The van der Waals surface area contributed by atoms with Crippen LogP contribution in [0.5, 0.6) is 0 Å². The summed E-state index contributed by atoms with van der Waals surface area (Å²) < 4.78 is 7.17. The van der Waals surface area contributed by atoms with Crippen molar-refractivity contribution in [1.29, 1.82) is 0 Å². The lowest BCUT2D eigenvalue weighted by Gasteiger charge is -2.01. The van der Waals surface area contributed by atoms with Crippen LogP contribution in [0.25, 0.3) is 0 Å². The third kappa shape index (κ3) is 2.08. The minimum atomic E-state index is -0.555. The molecule has 17 heavy (non-hydrogen) atoms. The predicted octanol–water partition coefficient (Wildman–Crippen LogP) is 1.55. The first-order chi connectivity index (χ1) is 7.99. The number of hydrogen-bond acceptors (Lipinski definition) is 3. The fraction of sp³-hybridized carbons (Fsp3) is 0.333. The molecule has 5 nitrogen and oxygen atoms in total. The highest BCUT2D eigenvalue weighted by atomic mass is 16.4. The van der Waals surface area contributed by atoms with E-state index in [0.717, 1.165) is 11.4 Å². The molecule has 0 radical (unpaired) electrons. The van der Waals surface area contributed by atoms with Crippen LogP contribution in [-0.4, -0.2) is 15.7 Å². The van der Waals surface area contributed by atoms with E-state index in [-0.39, 0.29) is 5.76 Å². The maximum absolute atomic E-state index is 10.9. The molecule has 2 N–H and O–H groups in total. The van der Waals surface area contributed by atoms with E-state index in [0.29, 0.717) is 12.3 Å². The number of amides is 1. The van der Waals surface area contributed by atoms with E-state index in [1.807, 2.05) is 25.5 Å². The van der Waals surface area contributed by atoms with Crippen LogP contribution in [0.1, 0.15) is 33.3 Å². The van der Waals surface area contributed by atoms with Gasteiger partial charge in [0.25, 0.3) is 5.91 Å². The Kier molecular flexibility index (Phi) is 2.75. The van der Waals surface area contributed by atoms with Crippen molar-refractivity contribution in [3.8, 4) is 0 Å². The molecule has 0 aliphatic carbocycles. The van der Waals surface area contributed by atoms with Gasteiger partial charge in [-0.3, -0.25) is 9.48 Å². The van der Waals surface area contributed by atoms with Crippen LogP contribution in [0.4, 0.5) is 0 Å². The molecule has 2 heterocycles. The van der Waals surface area contributed by atoms with Crippen LogP contribution >= 0.6 is 0 Å². The van der Waals surface area contributed by atoms with Gasteiger partial charge in [-0.15, -0.1) is 0 Å². The molecule has 0 atom stereocenters. The zero-order valence-corrected chi connectivity index (χ0v) is 10.2. The minimum absolute atomic E-state index is 0.179. The highest BCUT2D eigenvalue weighted by Crippen LogP contribution is 2.14. The standard InChI is InChI=1S/C12H15N3O2/c1-7-8(2)14-15(9(7)3)6-10-4-5-11(17-10)12(13)16/h4-5H,6H2,1-3H3,(H2,13,16). The van der Waals surface area contributed by atoms with Crippen molar-refractivity contribution < 1.29 is 9.21 Å². The Balaban J connectivity index is 2.25. The van der Waals surface area contributed by atoms with Gasteiger partial charge in [0, 0.05) is 5.69 Å². The number of primary amides is 1. The summed E-state index contributed by atoms with van der Waals surface area (Å²) in [7, 11) is 0. The molecule has 0 unspecified atom stereocenters. The van der Waals surface area contributed by atoms with Gasteiger partial charge in [0.05, 0.1) is 12.2 Å². The molecule has 2 aromatic heterocycles. The summed E-state index contributed by atoms with van der Waals surface area (Å²) in [5.74, 6) is 0.295. The van der Waals surface area contributed by atoms with Crippen LogP contribution < -0.4 is 5.73 Å². The quantitative estimate of drug-likeness (QED) is 0.874. The maximum atomic E-state index is 10.9. The Bertz CT molecular complexity index is 566. The molecule has 2 aromatic rings. The summed E-state index contributed by atoms with van der Waals surface area (Å²) >= 11 is 0. The molecule has 0 fully saturated rings. The lowest BCUT2D eigenvalue weighted by Crippen LogP contribution is -2.09. The highest BCUT2D eigenvalue weighted by Gasteiger charge is 2.11. The first-order valence-electron chi connectivity index (χ1n) is 5.38. The number of hydrogen-bond donors (Lipinski definition) is 1. The summed E-state index contributed by atoms with van der Waals surface area (Å²) in [6.45, 7) is 6.52. The van der Waals surface area contributed by atoms with Crippen molar-refractivity contribution in [2.45, 2.75) is 27.3 Å². The Morgan fingerprint density at radius 3 is 2.59 bits per heavy atom. The molecule has 0 aliphatic heterocycles. The molecule has 0 spiro atoms. The molecule has 0 bridgehead atoms. The molecule has 0 saturated carbocycles. The summed E-state index contributed by atoms with van der Waals surface area (Å²) in [5, 5.41) is 4.40. The van der Waals surface area contributed by atoms with E-state index in [9.17, 15) is 4.79 Å². The van der Waals surface area contributed by atoms with Crippen LogP contribution in [0, 0.1) is 20.8 Å². The molecular weight excluding hydrogens is 218 g/mol. The Morgan fingerprint density at radius 1 is 1.41 bits per heavy atom. The van der Waals surface area contributed by atoms with Gasteiger partial charge in [0.1, 0.15) is 5.76 Å². The van der Waals surface area contributed by atoms with Crippen LogP contribution in [0.2, 0.25) is 0 Å². The number of rotatable bonds is 3.